The molecular weight excluding hydrogens is 458 g/mol. The van der Waals surface area contributed by atoms with E-state index in [0.717, 1.165) is 5.56 Å². The van der Waals surface area contributed by atoms with Crippen LogP contribution in [0, 0.1) is 11.3 Å². The number of morpholine rings is 1. The largest absolute Gasteiger partial charge is 0.493 e. The van der Waals surface area contributed by atoms with E-state index in [4.69, 9.17) is 24.2 Å². The van der Waals surface area contributed by atoms with Gasteiger partial charge in [0.2, 0.25) is 5.91 Å². The lowest BCUT2D eigenvalue weighted by molar-refractivity contribution is -0.121. The molecule has 1 saturated heterocycles. The summed E-state index contributed by atoms with van der Waals surface area (Å²) in [6.45, 7) is 5.56. The van der Waals surface area contributed by atoms with Gasteiger partial charge in [-0.2, -0.15) is 5.26 Å². The van der Waals surface area contributed by atoms with Gasteiger partial charge in [-0.3, -0.25) is 4.79 Å². The van der Waals surface area contributed by atoms with Crippen molar-refractivity contribution in [2.24, 2.45) is 0 Å². The van der Waals surface area contributed by atoms with Crippen molar-refractivity contribution in [2.45, 2.75) is 38.4 Å². The average molecular weight is 490 g/mol. The number of rotatable bonds is 8. The van der Waals surface area contributed by atoms with Crippen LogP contribution >= 0.6 is 0 Å². The van der Waals surface area contributed by atoms with Crippen molar-refractivity contribution in [3.63, 3.8) is 0 Å². The smallest absolute Gasteiger partial charge is 0.243 e. The zero-order chi connectivity index (χ0) is 25.7. The number of aromatic nitrogens is 2. The van der Waals surface area contributed by atoms with Gasteiger partial charge in [0, 0.05) is 19.6 Å². The van der Waals surface area contributed by atoms with Gasteiger partial charge in [0.1, 0.15) is 5.69 Å². The number of methoxy groups -OCH3 is 2. The van der Waals surface area contributed by atoms with Crippen LogP contribution in [0.2, 0.25) is 0 Å². The van der Waals surface area contributed by atoms with E-state index in [2.05, 4.69) is 16.3 Å². The van der Waals surface area contributed by atoms with Crippen LogP contribution in [0.1, 0.15) is 31.0 Å². The van der Waals surface area contributed by atoms with Crippen molar-refractivity contribution >= 4 is 22.8 Å². The summed E-state index contributed by atoms with van der Waals surface area (Å²) in [6, 6.07) is 15.3. The molecule has 3 aromatic rings. The Kier molecular flexibility index (Phi) is 7.86. The Morgan fingerprint density at radius 2 is 1.78 bits per heavy atom. The number of para-hydroxylation sites is 2. The number of nitrogens with zero attached hydrogens (tertiary/aromatic N) is 4. The molecule has 1 amide bonds. The van der Waals surface area contributed by atoms with Gasteiger partial charge >= 0.3 is 0 Å². The fraction of sp³-hybridized carbons (Fsp3) is 0.407. The van der Waals surface area contributed by atoms with Gasteiger partial charge in [-0.25, -0.2) is 9.97 Å². The van der Waals surface area contributed by atoms with Crippen LogP contribution in [-0.2, 0) is 16.0 Å². The molecule has 188 valence electrons. The number of fused-ring (bicyclic) bond motifs is 1. The van der Waals surface area contributed by atoms with Gasteiger partial charge < -0.3 is 24.4 Å². The van der Waals surface area contributed by atoms with Crippen LogP contribution in [0.25, 0.3) is 11.0 Å². The Bertz CT molecular complexity index is 1260. The molecule has 0 bridgehead atoms. The van der Waals surface area contributed by atoms with Gasteiger partial charge in [-0.05, 0) is 50.1 Å². The SMILES string of the molecule is COc1ccc(CCNC(=O)[C@H](C#N)c2nc3ccccc3nc2N2C[C@H](C)O[C@@H](C)C2)cc1OC. The van der Waals surface area contributed by atoms with E-state index >= 15 is 0 Å². The van der Waals surface area contributed by atoms with Crippen molar-refractivity contribution in [1.82, 2.24) is 15.3 Å². The molecule has 9 nitrogen and oxygen atoms in total. The number of benzene rings is 2. The minimum atomic E-state index is -1.10. The topological polar surface area (TPSA) is 110 Å². The normalized spacial score (nSPS) is 18.4. The van der Waals surface area contributed by atoms with Crippen LogP contribution in [-0.4, -0.2) is 61.9 Å². The number of nitriles is 1. The van der Waals surface area contributed by atoms with Gasteiger partial charge in [-0.15, -0.1) is 0 Å². The molecule has 1 aliphatic heterocycles. The number of hydrogen-bond donors (Lipinski definition) is 1. The molecule has 0 saturated carbocycles. The molecule has 1 fully saturated rings. The first-order chi connectivity index (χ1) is 17.4. The molecule has 0 radical (unpaired) electrons. The number of amides is 1. The lowest BCUT2D eigenvalue weighted by Gasteiger charge is -2.37. The van der Waals surface area contributed by atoms with Gasteiger partial charge in [0.25, 0.3) is 0 Å². The highest BCUT2D eigenvalue weighted by Gasteiger charge is 2.31. The Balaban J connectivity index is 1.56. The molecule has 4 rings (SSSR count). The zero-order valence-corrected chi connectivity index (χ0v) is 21.0. The third-order valence-electron chi connectivity index (χ3n) is 6.12. The molecule has 1 aliphatic rings. The van der Waals surface area contributed by atoms with Crippen LogP contribution in [0.15, 0.2) is 42.5 Å². The van der Waals surface area contributed by atoms with Crippen molar-refractivity contribution in [3.8, 4) is 17.6 Å². The molecule has 1 N–H and O–H groups in total. The third-order valence-corrected chi connectivity index (χ3v) is 6.12. The molecule has 3 atom stereocenters. The second kappa shape index (κ2) is 11.2. The van der Waals surface area contributed by atoms with E-state index in [-0.39, 0.29) is 12.2 Å². The summed E-state index contributed by atoms with van der Waals surface area (Å²) in [6.07, 6.45) is 0.551. The van der Waals surface area contributed by atoms with E-state index in [9.17, 15) is 10.1 Å². The predicted molar refractivity (Wildman–Crippen MR) is 136 cm³/mol. The standard InChI is InChI=1S/C27H31N5O4/c1-17-15-32(16-18(2)36-17)26-25(30-21-7-5-6-8-22(21)31-26)20(14-28)27(33)29-12-11-19-9-10-23(34-3)24(13-19)35-4/h5-10,13,17-18,20H,11-12,15-16H2,1-4H3,(H,29,33)/t17-,18-,20+/m0/s1. The molecule has 2 heterocycles. The van der Waals surface area contributed by atoms with E-state index in [1.54, 1.807) is 14.2 Å². The average Bonchev–Trinajstić information content (AvgIpc) is 2.88. The second-order valence-corrected chi connectivity index (χ2v) is 8.88. The molecule has 0 spiro atoms. The van der Waals surface area contributed by atoms with Crippen LogP contribution in [0.3, 0.4) is 0 Å². The minimum Gasteiger partial charge on any atom is -0.493 e. The van der Waals surface area contributed by atoms with Crippen LogP contribution in [0.4, 0.5) is 5.82 Å². The van der Waals surface area contributed by atoms with E-state index in [0.29, 0.717) is 60.1 Å². The van der Waals surface area contributed by atoms with Crippen molar-refractivity contribution in [3.05, 3.63) is 53.7 Å². The second-order valence-electron chi connectivity index (χ2n) is 8.88. The summed E-state index contributed by atoms with van der Waals surface area (Å²) < 4.78 is 16.5. The lowest BCUT2D eigenvalue weighted by atomic mass is 10.0. The molecule has 1 aromatic heterocycles. The highest BCUT2D eigenvalue weighted by molar-refractivity contribution is 5.88. The molecule has 36 heavy (non-hydrogen) atoms. The maximum atomic E-state index is 13.2. The Morgan fingerprint density at radius 1 is 1.11 bits per heavy atom. The summed E-state index contributed by atoms with van der Waals surface area (Å²) in [5.74, 6) is 0.316. The minimum absolute atomic E-state index is 0.00859. The van der Waals surface area contributed by atoms with E-state index < -0.39 is 11.8 Å². The Labute approximate surface area is 211 Å². The van der Waals surface area contributed by atoms with Crippen molar-refractivity contribution in [1.29, 1.82) is 5.26 Å². The molecule has 2 aromatic carbocycles. The zero-order valence-electron chi connectivity index (χ0n) is 21.0. The highest BCUT2D eigenvalue weighted by Crippen LogP contribution is 2.30. The number of hydrogen-bond acceptors (Lipinski definition) is 8. The molecule has 9 heteroatoms. The van der Waals surface area contributed by atoms with Gasteiger partial charge in [0.15, 0.2) is 23.2 Å². The van der Waals surface area contributed by atoms with Gasteiger partial charge in [0.05, 0.1) is 43.5 Å². The number of carbonyl (C=O) groups is 1. The maximum absolute atomic E-state index is 13.2. The van der Waals surface area contributed by atoms with Gasteiger partial charge in [-0.1, -0.05) is 18.2 Å². The molecular formula is C27H31N5O4. The summed E-state index contributed by atoms with van der Waals surface area (Å²) in [5, 5.41) is 12.9. The van der Waals surface area contributed by atoms with E-state index in [1.807, 2.05) is 56.3 Å². The highest BCUT2D eigenvalue weighted by atomic mass is 16.5. The summed E-state index contributed by atoms with van der Waals surface area (Å²) in [7, 11) is 3.17. The van der Waals surface area contributed by atoms with Crippen LogP contribution < -0.4 is 19.7 Å². The first-order valence-electron chi connectivity index (χ1n) is 12.0. The number of carbonyl (C=O) groups excluding carboxylic acids is 1. The predicted octanol–water partition coefficient (Wildman–Crippen LogP) is 3.23. The van der Waals surface area contributed by atoms with Crippen molar-refractivity contribution in [2.75, 3.05) is 38.8 Å². The first kappa shape index (κ1) is 25.2. The fourth-order valence-corrected chi connectivity index (χ4v) is 4.49. The number of ether oxygens (including phenoxy) is 3. The molecule has 0 unspecified atom stereocenters. The summed E-state index contributed by atoms with van der Waals surface area (Å²) in [4.78, 5) is 24.8. The lowest BCUT2D eigenvalue weighted by Crippen LogP contribution is -2.46. The third kappa shape index (κ3) is 5.50. The first-order valence-corrected chi connectivity index (χ1v) is 12.0. The Hall–Kier alpha value is -3.90. The number of anilines is 1. The van der Waals surface area contributed by atoms with Crippen LogP contribution in [0.5, 0.6) is 11.5 Å². The fourth-order valence-electron chi connectivity index (χ4n) is 4.49. The maximum Gasteiger partial charge on any atom is 0.243 e. The monoisotopic (exact) mass is 489 g/mol. The summed E-state index contributed by atoms with van der Waals surface area (Å²) >= 11 is 0. The summed E-state index contributed by atoms with van der Waals surface area (Å²) in [5.41, 5.74) is 2.70. The quantitative estimate of drug-likeness (QED) is 0.514. The molecule has 0 aliphatic carbocycles. The van der Waals surface area contributed by atoms with Crippen molar-refractivity contribution < 1.29 is 19.0 Å². The van der Waals surface area contributed by atoms with E-state index in [1.165, 1.54) is 0 Å². The Morgan fingerprint density at radius 3 is 2.42 bits per heavy atom. The number of nitrogens with one attached hydrogen (secondary N) is 1.